The lowest BCUT2D eigenvalue weighted by molar-refractivity contribution is -0.141. The van der Waals surface area contributed by atoms with Crippen molar-refractivity contribution >= 4 is 39.0 Å². The average molecular weight is 531 g/mol. The van der Waals surface area contributed by atoms with E-state index >= 15 is 0 Å². The van der Waals surface area contributed by atoms with Gasteiger partial charge in [0.15, 0.2) is 0 Å². The van der Waals surface area contributed by atoms with E-state index in [0.717, 1.165) is 5.69 Å². The largest absolute Gasteiger partial charge is 0.497 e. The van der Waals surface area contributed by atoms with E-state index in [1.165, 1.54) is 16.4 Å². The fraction of sp³-hybridized carbons (Fsp3) is 0.462. The van der Waals surface area contributed by atoms with Gasteiger partial charge in [-0.3, -0.25) is 19.2 Å². The fourth-order valence-corrected chi connectivity index (χ4v) is 6.72. The first-order valence-electron chi connectivity index (χ1n) is 12.3. The summed E-state index contributed by atoms with van der Waals surface area (Å²) in [6, 6.07) is 9.87. The van der Waals surface area contributed by atoms with Crippen LogP contribution in [0.2, 0.25) is 0 Å². The highest BCUT2D eigenvalue weighted by atomic mass is 32.2. The van der Waals surface area contributed by atoms with Gasteiger partial charge in [0, 0.05) is 31.9 Å². The molecular weight excluding hydrogens is 496 g/mol. The van der Waals surface area contributed by atoms with Gasteiger partial charge in [-0.25, -0.2) is 8.42 Å². The predicted molar refractivity (Wildman–Crippen MR) is 142 cm³/mol. The van der Waals surface area contributed by atoms with Crippen LogP contribution in [0, 0.1) is 5.92 Å². The summed E-state index contributed by atoms with van der Waals surface area (Å²) in [4.78, 5) is 28.2. The molecule has 1 fully saturated rings. The van der Waals surface area contributed by atoms with Crippen molar-refractivity contribution in [1.82, 2.24) is 5.32 Å². The number of hydrogen-bond donors (Lipinski definition) is 2. The van der Waals surface area contributed by atoms with Crippen LogP contribution in [0.15, 0.2) is 47.4 Å². The first-order valence-corrected chi connectivity index (χ1v) is 13.7. The predicted octanol–water partition coefficient (Wildman–Crippen LogP) is 2.53. The second-order valence-electron chi connectivity index (χ2n) is 9.94. The lowest BCUT2D eigenvalue weighted by Gasteiger charge is -2.41. The van der Waals surface area contributed by atoms with Gasteiger partial charge in [-0.1, -0.05) is 13.8 Å². The van der Waals surface area contributed by atoms with Crippen LogP contribution < -0.4 is 24.2 Å². The molecule has 2 heterocycles. The summed E-state index contributed by atoms with van der Waals surface area (Å²) in [5, 5.41) is 12.4. The maximum atomic E-state index is 13.7. The van der Waals surface area contributed by atoms with Gasteiger partial charge < -0.3 is 19.6 Å². The lowest BCUT2D eigenvalue weighted by atomic mass is 10.0. The Bertz CT molecular complexity index is 1280. The number of benzene rings is 2. The second kappa shape index (κ2) is 10.2. The SMILES string of the molecule is COc1ccc2c(c1)N(C)CC(C)N2S(=O)(=O)c1ccc(N2CCC(N[C@H](C(=O)O)C(C)C)C2=O)cc1. The molecule has 1 saturated heterocycles. The molecule has 0 saturated carbocycles. The molecule has 3 atom stereocenters. The Balaban J connectivity index is 1.57. The van der Waals surface area contributed by atoms with Crippen molar-refractivity contribution in [2.24, 2.45) is 5.92 Å². The zero-order valence-electron chi connectivity index (χ0n) is 21.7. The Morgan fingerprint density at radius 1 is 1.14 bits per heavy atom. The van der Waals surface area contributed by atoms with E-state index in [2.05, 4.69) is 5.32 Å². The van der Waals surface area contributed by atoms with Gasteiger partial charge in [-0.2, -0.15) is 0 Å². The van der Waals surface area contributed by atoms with E-state index in [0.29, 0.717) is 36.6 Å². The molecule has 1 amide bonds. The van der Waals surface area contributed by atoms with Crippen LogP contribution in [-0.4, -0.2) is 70.8 Å². The van der Waals surface area contributed by atoms with Crippen molar-refractivity contribution in [3.8, 4) is 5.75 Å². The molecule has 2 aliphatic rings. The van der Waals surface area contributed by atoms with Crippen LogP contribution in [0.3, 0.4) is 0 Å². The summed E-state index contributed by atoms with van der Waals surface area (Å²) >= 11 is 0. The molecule has 0 spiro atoms. The zero-order valence-corrected chi connectivity index (χ0v) is 22.5. The number of sulfonamides is 1. The van der Waals surface area contributed by atoms with Crippen LogP contribution in [-0.2, 0) is 19.6 Å². The van der Waals surface area contributed by atoms with Crippen LogP contribution in [0.25, 0.3) is 0 Å². The minimum absolute atomic E-state index is 0.126. The van der Waals surface area contributed by atoms with Crippen molar-refractivity contribution < 1.29 is 27.9 Å². The highest BCUT2D eigenvalue weighted by Crippen LogP contribution is 2.40. The average Bonchev–Trinajstić information content (AvgIpc) is 3.21. The molecular formula is C26H34N4O6S. The third-order valence-electron chi connectivity index (χ3n) is 6.99. The number of nitrogens with one attached hydrogen (secondary N) is 1. The maximum absolute atomic E-state index is 13.7. The monoisotopic (exact) mass is 530 g/mol. The first-order chi connectivity index (χ1) is 17.4. The number of ether oxygens (including phenoxy) is 1. The molecule has 37 heavy (non-hydrogen) atoms. The fourth-order valence-electron chi connectivity index (χ4n) is 5.06. The highest BCUT2D eigenvalue weighted by Gasteiger charge is 2.38. The zero-order chi connectivity index (χ0) is 27.1. The Labute approximate surface area is 217 Å². The Kier molecular flexibility index (Phi) is 7.38. The number of rotatable bonds is 8. The van der Waals surface area contributed by atoms with Crippen LogP contribution >= 0.6 is 0 Å². The van der Waals surface area contributed by atoms with E-state index in [4.69, 9.17) is 4.74 Å². The molecule has 200 valence electrons. The van der Waals surface area contributed by atoms with Crippen LogP contribution in [0.5, 0.6) is 5.75 Å². The van der Waals surface area contributed by atoms with Gasteiger partial charge in [0.05, 0.1) is 35.5 Å². The summed E-state index contributed by atoms with van der Waals surface area (Å²) in [5.74, 6) is -0.743. The lowest BCUT2D eigenvalue weighted by Crippen LogP contribution is -2.49. The number of anilines is 3. The van der Waals surface area contributed by atoms with Gasteiger partial charge in [-0.15, -0.1) is 0 Å². The van der Waals surface area contributed by atoms with Crippen LogP contribution in [0.1, 0.15) is 27.2 Å². The van der Waals surface area contributed by atoms with Gasteiger partial charge in [0.1, 0.15) is 11.8 Å². The maximum Gasteiger partial charge on any atom is 0.320 e. The smallest absolute Gasteiger partial charge is 0.320 e. The normalized spacial score (nSPS) is 20.8. The number of carboxylic acid groups (broad SMARTS) is 1. The molecule has 2 aliphatic heterocycles. The Morgan fingerprint density at radius 3 is 2.41 bits per heavy atom. The Morgan fingerprint density at radius 2 is 1.81 bits per heavy atom. The molecule has 0 radical (unpaired) electrons. The summed E-state index contributed by atoms with van der Waals surface area (Å²) in [6.07, 6.45) is 0.467. The number of fused-ring (bicyclic) bond motifs is 1. The van der Waals surface area contributed by atoms with E-state index in [1.54, 1.807) is 50.1 Å². The van der Waals surface area contributed by atoms with E-state index < -0.39 is 28.1 Å². The summed E-state index contributed by atoms with van der Waals surface area (Å²) in [7, 11) is -0.392. The molecule has 0 aromatic heterocycles. The molecule has 11 heteroatoms. The number of carbonyl (C=O) groups excluding carboxylic acids is 1. The van der Waals surface area contributed by atoms with Gasteiger partial charge >= 0.3 is 5.97 Å². The van der Waals surface area contributed by atoms with Gasteiger partial charge in [0.2, 0.25) is 5.91 Å². The number of aliphatic carboxylic acids is 1. The second-order valence-corrected chi connectivity index (χ2v) is 11.8. The van der Waals surface area contributed by atoms with E-state index in [9.17, 15) is 23.1 Å². The topological polar surface area (TPSA) is 119 Å². The quantitative estimate of drug-likeness (QED) is 0.535. The molecule has 10 nitrogen and oxygen atoms in total. The molecule has 2 N–H and O–H groups in total. The molecule has 0 bridgehead atoms. The minimum atomic E-state index is -3.88. The molecule has 2 aromatic carbocycles. The summed E-state index contributed by atoms with van der Waals surface area (Å²) in [5.41, 5.74) is 1.91. The highest BCUT2D eigenvalue weighted by molar-refractivity contribution is 7.92. The molecule has 4 rings (SSSR count). The van der Waals surface area contributed by atoms with Crippen molar-refractivity contribution in [1.29, 1.82) is 0 Å². The number of carboxylic acids is 1. The number of amides is 1. The molecule has 0 aliphatic carbocycles. The van der Waals surface area contributed by atoms with E-state index in [1.807, 2.05) is 24.9 Å². The van der Waals surface area contributed by atoms with Gasteiger partial charge in [0.25, 0.3) is 10.0 Å². The molecule has 2 unspecified atom stereocenters. The van der Waals surface area contributed by atoms with Gasteiger partial charge in [-0.05, 0) is 55.7 Å². The van der Waals surface area contributed by atoms with Crippen LogP contribution in [0.4, 0.5) is 17.1 Å². The number of nitrogens with zero attached hydrogens (tertiary/aromatic N) is 3. The number of methoxy groups -OCH3 is 1. The number of carbonyl (C=O) groups is 2. The van der Waals surface area contributed by atoms with Crippen molar-refractivity contribution in [2.75, 3.05) is 41.4 Å². The summed E-state index contributed by atoms with van der Waals surface area (Å²) in [6.45, 7) is 6.38. The Hall–Kier alpha value is -3.31. The van der Waals surface area contributed by atoms with Crippen molar-refractivity contribution in [2.45, 2.75) is 50.2 Å². The molecule has 2 aromatic rings. The third-order valence-corrected chi connectivity index (χ3v) is 8.94. The first kappa shape index (κ1) is 26.7. The standard InChI is InChI=1S/C26H34N4O6S/c1-16(2)24(26(32)33)27-21-12-13-29(25(21)31)18-6-9-20(10-7-18)37(34,35)30-17(3)15-28(4)23-14-19(36-5)8-11-22(23)30/h6-11,14,16-17,21,24,27H,12-13,15H2,1-5H3,(H,32,33)/t17?,21?,24-/m0/s1. The number of likely N-dealkylation sites (N-methyl/N-ethyl adjacent to an activating group) is 1. The van der Waals surface area contributed by atoms with Crippen molar-refractivity contribution in [3.63, 3.8) is 0 Å². The van der Waals surface area contributed by atoms with Crippen molar-refractivity contribution in [3.05, 3.63) is 42.5 Å². The minimum Gasteiger partial charge on any atom is -0.497 e. The third kappa shape index (κ3) is 4.97. The van der Waals surface area contributed by atoms with E-state index in [-0.39, 0.29) is 22.8 Å². The number of hydrogen-bond acceptors (Lipinski definition) is 7. The summed E-state index contributed by atoms with van der Waals surface area (Å²) < 4.78 is 34.3.